The molecule has 3 heteroatoms. The molecule has 0 bridgehead atoms. The molecule has 0 aliphatic rings. The van der Waals surface area contributed by atoms with Crippen molar-refractivity contribution in [3.8, 4) is 10.6 Å². The molecule has 2 rings (SSSR count). The topological polar surface area (TPSA) is 12.9 Å². The van der Waals surface area contributed by atoms with Crippen molar-refractivity contribution in [3.05, 3.63) is 41.2 Å². The number of benzene rings is 1. The summed E-state index contributed by atoms with van der Waals surface area (Å²) in [7, 11) is 0. The van der Waals surface area contributed by atoms with Crippen molar-refractivity contribution in [1.29, 1.82) is 0 Å². The number of rotatable bonds is 1. The SMILES string of the molecule is Cc1cc(-c2nccs2)ccc1F. The van der Waals surface area contributed by atoms with Crippen LogP contribution in [0.15, 0.2) is 29.8 Å². The van der Waals surface area contributed by atoms with Crippen LogP contribution >= 0.6 is 11.3 Å². The lowest BCUT2D eigenvalue weighted by Crippen LogP contribution is -1.83. The number of aromatic nitrogens is 1. The predicted molar refractivity (Wildman–Crippen MR) is 52.2 cm³/mol. The normalized spacial score (nSPS) is 10.3. The number of halogens is 1. The van der Waals surface area contributed by atoms with Gasteiger partial charge in [0.1, 0.15) is 10.8 Å². The maximum atomic E-state index is 12.9. The molecule has 1 aromatic heterocycles. The van der Waals surface area contributed by atoms with E-state index in [9.17, 15) is 4.39 Å². The zero-order chi connectivity index (χ0) is 9.26. The summed E-state index contributed by atoms with van der Waals surface area (Å²) in [5, 5.41) is 2.84. The Balaban J connectivity index is 2.49. The van der Waals surface area contributed by atoms with Gasteiger partial charge >= 0.3 is 0 Å². The summed E-state index contributed by atoms with van der Waals surface area (Å²) in [6.07, 6.45) is 1.75. The number of nitrogens with zero attached hydrogens (tertiary/aromatic N) is 1. The van der Waals surface area contributed by atoms with E-state index in [1.54, 1.807) is 30.5 Å². The monoisotopic (exact) mass is 193 g/mol. The van der Waals surface area contributed by atoms with Crippen LogP contribution in [0.4, 0.5) is 4.39 Å². The van der Waals surface area contributed by atoms with E-state index in [4.69, 9.17) is 0 Å². The largest absolute Gasteiger partial charge is 0.245 e. The van der Waals surface area contributed by atoms with E-state index < -0.39 is 0 Å². The van der Waals surface area contributed by atoms with Crippen molar-refractivity contribution in [3.63, 3.8) is 0 Å². The Hall–Kier alpha value is -1.22. The fourth-order valence-electron chi connectivity index (χ4n) is 1.14. The molecule has 0 aliphatic carbocycles. The van der Waals surface area contributed by atoms with Crippen LogP contribution in [0.25, 0.3) is 10.6 Å². The van der Waals surface area contributed by atoms with Gasteiger partial charge in [0.25, 0.3) is 0 Å². The molecule has 1 nitrogen and oxygen atoms in total. The number of aryl methyl sites for hydroxylation is 1. The Bertz CT molecular complexity index is 409. The van der Waals surface area contributed by atoms with Gasteiger partial charge in [-0.05, 0) is 30.7 Å². The lowest BCUT2D eigenvalue weighted by Gasteiger charge is -1.99. The number of thiazole rings is 1. The van der Waals surface area contributed by atoms with Gasteiger partial charge in [-0.1, -0.05) is 0 Å². The highest BCUT2D eigenvalue weighted by Gasteiger charge is 2.02. The van der Waals surface area contributed by atoms with Gasteiger partial charge in [0.15, 0.2) is 0 Å². The van der Waals surface area contributed by atoms with Crippen molar-refractivity contribution < 1.29 is 4.39 Å². The number of hydrogen-bond acceptors (Lipinski definition) is 2. The van der Waals surface area contributed by atoms with E-state index in [2.05, 4.69) is 4.98 Å². The van der Waals surface area contributed by atoms with Gasteiger partial charge in [-0.2, -0.15) is 0 Å². The van der Waals surface area contributed by atoms with Crippen molar-refractivity contribution in [2.75, 3.05) is 0 Å². The Morgan fingerprint density at radius 3 is 2.85 bits per heavy atom. The third-order valence-electron chi connectivity index (χ3n) is 1.84. The quantitative estimate of drug-likeness (QED) is 0.677. The molecule has 0 saturated heterocycles. The molecular formula is C10H8FNS. The van der Waals surface area contributed by atoms with Crippen LogP contribution in [0.5, 0.6) is 0 Å². The van der Waals surface area contributed by atoms with Gasteiger partial charge in [-0.15, -0.1) is 11.3 Å². The Morgan fingerprint density at radius 1 is 1.38 bits per heavy atom. The van der Waals surface area contributed by atoms with Crippen molar-refractivity contribution in [2.45, 2.75) is 6.92 Å². The maximum Gasteiger partial charge on any atom is 0.126 e. The van der Waals surface area contributed by atoms with Gasteiger partial charge in [0.05, 0.1) is 0 Å². The maximum absolute atomic E-state index is 12.9. The molecule has 0 saturated carbocycles. The van der Waals surface area contributed by atoms with E-state index in [-0.39, 0.29) is 5.82 Å². The molecule has 0 amide bonds. The summed E-state index contributed by atoms with van der Waals surface area (Å²) in [6.45, 7) is 1.76. The highest BCUT2D eigenvalue weighted by Crippen LogP contribution is 2.23. The average molecular weight is 193 g/mol. The summed E-state index contributed by atoms with van der Waals surface area (Å²) < 4.78 is 12.9. The summed E-state index contributed by atoms with van der Waals surface area (Å²) in [5.74, 6) is -0.166. The minimum atomic E-state index is -0.166. The fraction of sp³-hybridized carbons (Fsp3) is 0.100. The van der Waals surface area contributed by atoms with Gasteiger partial charge in [0.2, 0.25) is 0 Å². The van der Waals surface area contributed by atoms with E-state index >= 15 is 0 Å². The van der Waals surface area contributed by atoms with Gasteiger partial charge in [0, 0.05) is 17.1 Å². The Morgan fingerprint density at radius 2 is 2.23 bits per heavy atom. The average Bonchev–Trinajstić information content (AvgIpc) is 2.62. The van der Waals surface area contributed by atoms with Gasteiger partial charge < -0.3 is 0 Å². The molecule has 1 heterocycles. The van der Waals surface area contributed by atoms with E-state index in [0.717, 1.165) is 10.6 Å². The molecule has 0 unspecified atom stereocenters. The summed E-state index contributed by atoms with van der Waals surface area (Å²) in [6, 6.07) is 5.04. The molecular weight excluding hydrogens is 185 g/mol. The first kappa shape index (κ1) is 8.38. The third-order valence-corrected chi connectivity index (χ3v) is 2.66. The molecule has 2 aromatic rings. The second kappa shape index (κ2) is 3.26. The first-order valence-corrected chi connectivity index (χ1v) is 4.81. The highest BCUT2D eigenvalue weighted by atomic mass is 32.1. The fourth-order valence-corrected chi connectivity index (χ4v) is 1.78. The zero-order valence-electron chi connectivity index (χ0n) is 7.12. The zero-order valence-corrected chi connectivity index (χ0v) is 7.94. The lowest BCUT2D eigenvalue weighted by atomic mass is 10.1. The van der Waals surface area contributed by atoms with Crippen LogP contribution in [0.3, 0.4) is 0 Å². The van der Waals surface area contributed by atoms with E-state index in [0.29, 0.717) is 5.56 Å². The second-order valence-corrected chi connectivity index (χ2v) is 3.70. The first-order valence-electron chi connectivity index (χ1n) is 3.93. The Labute approximate surface area is 79.9 Å². The predicted octanol–water partition coefficient (Wildman–Crippen LogP) is 3.26. The Kier molecular flexibility index (Phi) is 2.10. The molecule has 0 aliphatic heterocycles. The van der Waals surface area contributed by atoms with Crippen LogP contribution in [0, 0.1) is 12.7 Å². The van der Waals surface area contributed by atoms with Crippen molar-refractivity contribution >= 4 is 11.3 Å². The van der Waals surface area contributed by atoms with E-state index in [1.165, 1.54) is 6.07 Å². The smallest absolute Gasteiger partial charge is 0.126 e. The molecule has 0 radical (unpaired) electrons. The standard InChI is InChI=1S/C10H8FNS/c1-7-6-8(2-3-9(7)11)10-12-4-5-13-10/h2-6H,1H3. The molecule has 0 spiro atoms. The van der Waals surface area contributed by atoms with Crippen LogP contribution in [-0.4, -0.2) is 4.98 Å². The molecule has 0 atom stereocenters. The molecule has 0 fully saturated rings. The summed E-state index contributed by atoms with van der Waals surface area (Å²) in [5.41, 5.74) is 1.64. The highest BCUT2D eigenvalue weighted by molar-refractivity contribution is 7.13. The first-order chi connectivity index (χ1) is 6.27. The van der Waals surface area contributed by atoms with Crippen LogP contribution in [0.1, 0.15) is 5.56 Å². The molecule has 66 valence electrons. The lowest BCUT2D eigenvalue weighted by molar-refractivity contribution is 0.619. The minimum absolute atomic E-state index is 0.166. The van der Waals surface area contributed by atoms with Crippen LogP contribution in [-0.2, 0) is 0 Å². The van der Waals surface area contributed by atoms with Crippen molar-refractivity contribution in [2.24, 2.45) is 0 Å². The van der Waals surface area contributed by atoms with Gasteiger partial charge in [-0.3, -0.25) is 0 Å². The number of hydrogen-bond donors (Lipinski definition) is 0. The van der Waals surface area contributed by atoms with Crippen molar-refractivity contribution in [1.82, 2.24) is 4.98 Å². The summed E-state index contributed by atoms with van der Waals surface area (Å²) in [4.78, 5) is 4.15. The van der Waals surface area contributed by atoms with Crippen LogP contribution in [0.2, 0.25) is 0 Å². The summed E-state index contributed by atoms with van der Waals surface area (Å²) >= 11 is 1.56. The molecule has 1 aromatic carbocycles. The van der Waals surface area contributed by atoms with Crippen LogP contribution < -0.4 is 0 Å². The second-order valence-electron chi connectivity index (χ2n) is 2.80. The minimum Gasteiger partial charge on any atom is -0.245 e. The van der Waals surface area contributed by atoms with E-state index in [1.807, 2.05) is 11.4 Å². The third kappa shape index (κ3) is 1.60. The van der Waals surface area contributed by atoms with Gasteiger partial charge in [-0.25, -0.2) is 9.37 Å². The molecule has 13 heavy (non-hydrogen) atoms. The molecule has 0 N–H and O–H groups in total.